The van der Waals surface area contributed by atoms with Gasteiger partial charge in [0.15, 0.2) is 18.1 Å². The van der Waals surface area contributed by atoms with Crippen molar-refractivity contribution in [3.8, 4) is 17.2 Å². The second kappa shape index (κ2) is 12.5. The zero-order valence-electron chi connectivity index (χ0n) is 16.0. The molecule has 2 aromatic carbocycles. The van der Waals surface area contributed by atoms with Gasteiger partial charge >= 0.3 is 0 Å². The van der Waals surface area contributed by atoms with Crippen LogP contribution in [0.2, 0.25) is 0 Å². The Morgan fingerprint density at radius 1 is 1.14 bits per heavy atom. The monoisotopic (exact) mass is 472 g/mol. The highest BCUT2D eigenvalue weighted by Gasteiger charge is 2.13. The minimum Gasteiger partial charge on any atom is -0.497 e. The Labute approximate surface area is 180 Å². The highest BCUT2D eigenvalue weighted by molar-refractivity contribution is 9.10. The van der Waals surface area contributed by atoms with Crippen molar-refractivity contribution >= 4 is 34.2 Å². The van der Waals surface area contributed by atoms with Gasteiger partial charge in [-0.15, -0.1) is 12.4 Å². The third-order valence-electron chi connectivity index (χ3n) is 3.81. The van der Waals surface area contributed by atoms with E-state index in [9.17, 15) is 4.79 Å². The first-order chi connectivity index (χ1) is 13.0. The predicted octanol–water partition coefficient (Wildman–Crippen LogP) is 3.47. The molecule has 0 fully saturated rings. The second-order valence-electron chi connectivity index (χ2n) is 5.87. The van der Waals surface area contributed by atoms with E-state index in [1.165, 1.54) is 5.56 Å². The molecule has 1 amide bonds. The lowest BCUT2D eigenvalue weighted by atomic mass is 10.1. The van der Waals surface area contributed by atoms with Gasteiger partial charge in [-0.3, -0.25) is 4.79 Å². The van der Waals surface area contributed by atoms with Gasteiger partial charge in [-0.05, 0) is 71.2 Å². The Morgan fingerprint density at radius 3 is 2.46 bits per heavy atom. The lowest BCUT2D eigenvalue weighted by Gasteiger charge is -2.15. The molecule has 0 radical (unpaired) electrons. The van der Waals surface area contributed by atoms with Gasteiger partial charge in [-0.1, -0.05) is 12.1 Å². The van der Waals surface area contributed by atoms with Crippen molar-refractivity contribution in [1.82, 2.24) is 5.32 Å². The molecule has 0 aliphatic carbocycles. The average molecular weight is 474 g/mol. The Bertz CT molecular complexity index is 757. The first-order valence-electron chi connectivity index (χ1n) is 8.73. The van der Waals surface area contributed by atoms with Crippen molar-refractivity contribution in [2.75, 3.05) is 26.9 Å². The van der Waals surface area contributed by atoms with Crippen LogP contribution in [-0.2, 0) is 17.8 Å². The number of benzene rings is 2. The third-order valence-corrected chi connectivity index (χ3v) is 4.40. The van der Waals surface area contributed by atoms with Crippen LogP contribution in [0.4, 0.5) is 0 Å². The van der Waals surface area contributed by atoms with E-state index in [0.29, 0.717) is 24.7 Å². The molecule has 0 aromatic heterocycles. The fraction of sp³-hybridized carbons (Fsp3) is 0.350. The molecule has 0 atom stereocenters. The number of nitrogens with one attached hydrogen (secondary N) is 1. The summed E-state index contributed by atoms with van der Waals surface area (Å²) in [7, 11) is 1.66. The molecule has 3 N–H and O–H groups in total. The molecule has 0 bridgehead atoms. The Kier molecular flexibility index (Phi) is 10.7. The highest BCUT2D eigenvalue weighted by atomic mass is 79.9. The maximum Gasteiger partial charge on any atom is 0.255 e. The number of nitrogens with two attached hydrogens (primary N) is 1. The largest absolute Gasteiger partial charge is 0.497 e. The van der Waals surface area contributed by atoms with Crippen molar-refractivity contribution in [1.29, 1.82) is 0 Å². The lowest BCUT2D eigenvalue weighted by Crippen LogP contribution is -2.20. The molecule has 0 heterocycles. The van der Waals surface area contributed by atoms with E-state index in [1.807, 2.05) is 31.2 Å². The lowest BCUT2D eigenvalue weighted by molar-refractivity contribution is -0.119. The normalized spacial score (nSPS) is 10.1. The number of hydrogen-bond donors (Lipinski definition) is 2. The van der Waals surface area contributed by atoms with E-state index in [1.54, 1.807) is 7.11 Å². The van der Waals surface area contributed by atoms with Crippen LogP contribution in [0, 0.1) is 0 Å². The van der Waals surface area contributed by atoms with Crippen molar-refractivity contribution in [3.05, 3.63) is 52.0 Å². The van der Waals surface area contributed by atoms with Crippen LogP contribution >= 0.6 is 28.3 Å². The summed E-state index contributed by atoms with van der Waals surface area (Å²) in [6.07, 6.45) is 0.920. The van der Waals surface area contributed by atoms with E-state index in [4.69, 9.17) is 19.9 Å². The van der Waals surface area contributed by atoms with Crippen LogP contribution in [0.3, 0.4) is 0 Å². The molecule has 28 heavy (non-hydrogen) atoms. The zero-order valence-corrected chi connectivity index (χ0v) is 18.4. The van der Waals surface area contributed by atoms with E-state index < -0.39 is 5.91 Å². The molecule has 0 saturated carbocycles. The minimum absolute atomic E-state index is 0. The molecule has 154 valence electrons. The summed E-state index contributed by atoms with van der Waals surface area (Å²) < 4.78 is 17.0. The van der Waals surface area contributed by atoms with Crippen LogP contribution in [0.25, 0.3) is 0 Å². The van der Waals surface area contributed by atoms with Crippen LogP contribution < -0.4 is 25.3 Å². The van der Waals surface area contributed by atoms with Crippen molar-refractivity contribution in [2.24, 2.45) is 5.73 Å². The van der Waals surface area contributed by atoms with E-state index in [0.717, 1.165) is 28.8 Å². The molecule has 0 spiro atoms. The predicted molar refractivity (Wildman–Crippen MR) is 116 cm³/mol. The van der Waals surface area contributed by atoms with Gasteiger partial charge in [0.25, 0.3) is 5.91 Å². The summed E-state index contributed by atoms with van der Waals surface area (Å²) in [4.78, 5) is 11.0. The van der Waals surface area contributed by atoms with Gasteiger partial charge in [0.1, 0.15) is 5.75 Å². The quantitative estimate of drug-likeness (QED) is 0.488. The number of amides is 1. The first kappa shape index (κ1) is 24.1. The first-order valence-corrected chi connectivity index (χ1v) is 9.52. The third kappa shape index (κ3) is 7.58. The van der Waals surface area contributed by atoms with Gasteiger partial charge in [0.2, 0.25) is 0 Å². The summed E-state index contributed by atoms with van der Waals surface area (Å²) in [6.45, 7) is 3.72. The molecule has 8 heteroatoms. The number of carbonyl (C=O) groups is 1. The Morgan fingerprint density at radius 2 is 1.86 bits per heavy atom. The van der Waals surface area contributed by atoms with Crippen LogP contribution in [0.15, 0.2) is 40.9 Å². The van der Waals surface area contributed by atoms with Crippen molar-refractivity contribution in [3.63, 3.8) is 0 Å². The Balaban J connectivity index is 0.00000392. The number of primary amides is 1. The van der Waals surface area contributed by atoms with E-state index in [-0.39, 0.29) is 19.0 Å². The molecular weight excluding hydrogens is 448 g/mol. The number of ether oxygens (including phenoxy) is 3. The van der Waals surface area contributed by atoms with Gasteiger partial charge in [-0.25, -0.2) is 0 Å². The molecular formula is C20H26BrClN2O4. The number of halogens is 2. The molecule has 0 unspecified atom stereocenters. The maximum absolute atomic E-state index is 11.0. The smallest absolute Gasteiger partial charge is 0.255 e. The maximum atomic E-state index is 11.0. The summed E-state index contributed by atoms with van der Waals surface area (Å²) in [6, 6.07) is 11.9. The number of methoxy groups -OCH3 is 1. The SMILES string of the molecule is CCOc1cc(CNCCc2ccc(OC)cc2)cc(Br)c1OCC(N)=O.Cl. The van der Waals surface area contributed by atoms with Crippen LogP contribution in [0.5, 0.6) is 17.2 Å². The van der Waals surface area contributed by atoms with Crippen molar-refractivity contribution < 1.29 is 19.0 Å². The second-order valence-corrected chi connectivity index (χ2v) is 6.72. The average Bonchev–Trinajstić information content (AvgIpc) is 2.65. The summed E-state index contributed by atoms with van der Waals surface area (Å²) in [5.74, 6) is 1.39. The Hall–Kier alpha value is -1.96. The standard InChI is InChI=1S/C20H25BrN2O4.ClH/c1-3-26-18-11-15(10-17(21)20(18)27-13-19(22)24)12-23-9-8-14-4-6-16(25-2)7-5-14;/h4-7,10-11,23H,3,8-9,12-13H2,1-2H3,(H2,22,24);1H. The molecule has 2 aromatic rings. The molecule has 6 nitrogen and oxygen atoms in total. The van der Waals surface area contributed by atoms with Gasteiger partial charge in [0.05, 0.1) is 18.2 Å². The number of carbonyl (C=O) groups excluding carboxylic acids is 1. The van der Waals surface area contributed by atoms with Crippen molar-refractivity contribution in [2.45, 2.75) is 19.9 Å². The van der Waals surface area contributed by atoms with Gasteiger partial charge in [-0.2, -0.15) is 0 Å². The summed E-state index contributed by atoms with van der Waals surface area (Å²) in [5.41, 5.74) is 7.45. The van der Waals surface area contributed by atoms with Crippen LogP contribution in [-0.4, -0.2) is 32.8 Å². The fourth-order valence-corrected chi connectivity index (χ4v) is 3.13. The van der Waals surface area contributed by atoms with E-state index >= 15 is 0 Å². The topological polar surface area (TPSA) is 82.8 Å². The van der Waals surface area contributed by atoms with Gasteiger partial charge < -0.3 is 25.3 Å². The summed E-state index contributed by atoms with van der Waals surface area (Å²) in [5, 5.41) is 3.42. The molecule has 0 aliphatic rings. The molecule has 2 rings (SSSR count). The fourth-order valence-electron chi connectivity index (χ4n) is 2.53. The van der Waals surface area contributed by atoms with Gasteiger partial charge in [0, 0.05) is 6.54 Å². The summed E-state index contributed by atoms with van der Waals surface area (Å²) >= 11 is 3.48. The zero-order chi connectivity index (χ0) is 19.6. The number of rotatable bonds is 11. The van der Waals surface area contributed by atoms with E-state index in [2.05, 4.69) is 33.4 Å². The highest BCUT2D eigenvalue weighted by Crippen LogP contribution is 2.37. The molecule has 0 aliphatic heterocycles. The van der Waals surface area contributed by atoms with Crippen LogP contribution in [0.1, 0.15) is 18.1 Å². The minimum atomic E-state index is -0.534. The number of hydrogen-bond acceptors (Lipinski definition) is 5. The molecule has 0 saturated heterocycles.